The van der Waals surface area contributed by atoms with Crippen LogP contribution >= 0.6 is 0 Å². The third-order valence-electron chi connectivity index (χ3n) is 2.25. The molecule has 1 N–H and O–H groups in total. The topological polar surface area (TPSA) is 80.9 Å². The van der Waals surface area contributed by atoms with Gasteiger partial charge in [-0.05, 0) is 22.8 Å². The van der Waals surface area contributed by atoms with Gasteiger partial charge in [0.2, 0.25) is 5.82 Å². The lowest BCUT2D eigenvalue weighted by Crippen LogP contribution is -2.23. The molecule has 1 unspecified atom stereocenters. The Bertz CT molecular complexity index is 381. The molecule has 0 aliphatic heterocycles. The highest BCUT2D eigenvalue weighted by Gasteiger charge is 2.24. The number of hydrogen-bond donors (Lipinski definition) is 1. The van der Waals surface area contributed by atoms with Crippen LogP contribution < -0.4 is 0 Å². The molecule has 96 valence electrons. The van der Waals surface area contributed by atoms with Crippen molar-refractivity contribution in [3.05, 3.63) is 5.82 Å². The molecule has 0 bridgehead atoms. The number of carboxylic acids is 1. The van der Waals surface area contributed by atoms with Crippen molar-refractivity contribution in [2.45, 2.75) is 33.2 Å². The molecule has 0 fully saturated rings. The van der Waals surface area contributed by atoms with Crippen LogP contribution in [0.5, 0.6) is 0 Å². The normalized spacial score (nSPS) is 13.3. The zero-order chi connectivity index (χ0) is 13.0. The number of rotatable bonds is 6. The first kappa shape index (κ1) is 13.5. The van der Waals surface area contributed by atoms with Gasteiger partial charge in [0.1, 0.15) is 0 Å². The molecule has 0 saturated carbocycles. The van der Waals surface area contributed by atoms with E-state index in [4.69, 9.17) is 5.11 Å². The van der Waals surface area contributed by atoms with E-state index >= 15 is 0 Å². The van der Waals surface area contributed by atoms with E-state index in [-0.39, 0.29) is 12.5 Å². The SMILES string of the molecule is CC(C)CC(Cn1nnnc1C(F)F)C(=O)O. The van der Waals surface area contributed by atoms with Crippen LogP contribution in [0.1, 0.15) is 32.5 Å². The lowest BCUT2D eigenvalue weighted by atomic mass is 9.97. The minimum Gasteiger partial charge on any atom is -0.481 e. The maximum Gasteiger partial charge on any atom is 0.308 e. The predicted molar refractivity (Wildman–Crippen MR) is 53.4 cm³/mol. The summed E-state index contributed by atoms with van der Waals surface area (Å²) in [6.07, 6.45) is -2.42. The van der Waals surface area contributed by atoms with Gasteiger partial charge in [0, 0.05) is 0 Å². The fourth-order valence-electron chi connectivity index (χ4n) is 1.53. The Morgan fingerprint density at radius 3 is 2.59 bits per heavy atom. The van der Waals surface area contributed by atoms with Crippen molar-refractivity contribution in [1.82, 2.24) is 20.2 Å². The second kappa shape index (κ2) is 5.65. The van der Waals surface area contributed by atoms with E-state index in [1.807, 2.05) is 13.8 Å². The van der Waals surface area contributed by atoms with Crippen LogP contribution in [0.3, 0.4) is 0 Å². The molecule has 8 heteroatoms. The van der Waals surface area contributed by atoms with Crippen LogP contribution in [-0.4, -0.2) is 31.3 Å². The Balaban J connectivity index is 2.79. The van der Waals surface area contributed by atoms with Crippen molar-refractivity contribution in [2.75, 3.05) is 0 Å². The number of carboxylic acid groups (broad SMARTS) is 1. The number of aromatic nitrogens is 4. The van der Waals surface area contributed by atoms with Crippen molar-refractivity contribution >= 4 is 5.97 Å². The van der Waals surface area contributed by atoms with E-state index in [0.717, 1.165) is 4.68 Å². The Morgan fingerprint density at radius 1 is 1.47 bits per heavy atom. The number of halogens is 2. The summed E-state index contributed by atoms with van der Waals surface area (Å²) in [6.45, 7) is 3.59. The molecule has 1 rings (SSSR count). The zero-order valence-electron chi connectivity index (χ0n) is 9.55. The van der Waals surface area contributed by atoms with E-state index in [1.54, 1.807) is 0 Å². The van der Waals surface area contributed by atoms with Crippen molar-refractivity contribution in [3.8, 4) is 0 Å². The first-order valence-electron chi connectivity index (χ1n) is 5.18. The quantitative estimate of drug-likeness (QED) is 0.822. The minimum absolute atomic E-state index is 0.139. The molecule has 0 amide bonds. The van der Waals surface area contributed by atoms with Gasteiger partial charge in [0.05, 0.1) is 12.5 Å². The first-order chi connectivity index (χ1) is 7.91. The van der Waals surface area contributed by atoms with Crippen LogP contribution in [0.25, 0.3) is 0 Å². The number of carbonyl (C=O) groups is 1. The monoisotopic (exact) mass is 248 g/mol. The van der Waals surface area contributed by atoms with Gasteiger partial charge < -0.3 is 5.11 Å². The molecule has 1 atom stereocenters. The Morgan fingerprint density at radius 2 is 2.12 bits per heavy atom. The highest BCUT2D eigenvalue weighted by molar-refractivity contribution is 5.69. The molecule has 0 aromatic carbocycles. The van der Waals surface area contributed by atoms with E-state index < -0.39 is 24.1 Å². The maximum absolute atomic E-state index is 12.5. The summed E-state index contributed by atoms with van der Waals surface area (Å²) in [7, 11) is 0. The predicted octanol–water partition coefficient (Wildman–Crippen LogP) is 1.36. The van der Waals surface area contributed by atoms with E-state index in [9.17, 15) is 13.6 Å². The smallest absolute Gasteiger partial charge is 0.308 e. The third kappa shape index (κ3) is 3.72. The Kier molecular flexibility index (Phi) is 4.47. The van der Waals surface area contributed by atoms with Crippen molar-refractivity contribution < 1.29 is 18.7 Å². The summed E-state index contributed by atoms with van der Waals surface area (Å²) < 4.78 is 25.8. The average Bonchev–Trinajstić information content (AvgIpc) is 2.63. The van der Waals surface area contributed by atoms with Gasteiger partial charge in [-0.25, -0.2) is 13.5 Å². The highest BCUT2D eigenvalue weighted by atomic mass is 19.3. The summed E-state index contributed by atoms with van der Waals surface area (Å²) >= 11 is 0. The zero-order valence-corrected chi connectivity index (χ0v) is 9.55. The van der Waals surface area contributed by atoms with Crippen molar-refractivity contribution in [1.29, 1.82) is 0 Å². The summed E-state index contributed by atoms with van der Waals surface area (Å²) in [6, 6.07) is 0. The Hall–Kier alpha value is -1.60. The van der Waals surface area contributed by atoms with Crippen LogP contribution in [0, 0.1) is 11.8 Å². The van der Waals surface area contributed by atoms with Crippen LogP contribution in [0.15, 0.2) is 0 Å². The molecular weight excluding hydrogens is 234 g/mol. The number of nitrogens with zero attached hydrogens (tertiary/aromatic N) is 4. The minimum atomic E-state index is -2.81. The lowest BCUT2D eigenvalue weighted by Gasteiger charge is -2.14. The fraction of sp³-hybridized carbons (Fsp3) is 0.778. The van der Waals surface area contributed by atoms with Crippen LogP contribution in [0.2, 0.25) is 0 Å². The molecule has 1 aromatic heterocycles. The molecule has 1 aromatic rings. The van der Waals surface area contributed by atoms with Crippen LogP contribution in [0.4, 0.5) is 8.78 Å². The van der Waals surface area contributed by atoms with Gasteiger partial charge in [-0.15, -0.1) is 5.10 Å². The third-order valence-corrected chi connectivity index (χ3v) is 2.25. The van der Waals surface area contributed by atoms with Crippen molar-refractivity contribution in [2.24, 2.45) is 11.8 Å². The first-order valence-corrected chi connectivity index (χ1v) is 5.18. The summed E-state index contributed by atoms with van der Waals surface area (Å²) in [5.74, 6) is -2.24. The maximum atomic E-state index is 12.5. The van der Waals surface area contributed by atoms with Crippen molar-refractivity contribution in [3.63, 3.8) is 0 Å². The molecule has 0 radical (unpaired) electrons. The van der Waals surface area contributed by atoms with E-state index in [2.05, 4.69) is 15.5 Å². The lowest BCUT2D eigenvalue weighted by molar-refractivity contribution is -0.143. The number of hydrogen-bond acceptors (Lipinski definition) is 4. The number of aliphatic carboxylic acids is 1. The van der Waals surface area contributed by atoms with E-state index in [0.29, 0.717) is 6.42 Å². The number of tetrazole rings is 1. The molecule has 17 heavy (non-hydrogen) atoms. The summed E-state index contributed by atoms with van der Waals surface area (Å²) in [5, 5.41) is 18.7. The summed E-state index contributed by atoms with van der Waals surface area (Å²) in [5.41, 5.74) is 0. The van der Waals surface area contributed by atoms with Gasteiger partial charge in [0.25, 0.3) is 6.43 Å². The molecule has 0 aliphatic rings. The van der Waals surface area contributed by atoms with Crippen LogP contribution in [-0.2, 0) is 11.3 Å². The van der Waals surface area contributed by atoms with Gasteiger partial charge in [0.15, 0.2) is 0 Å². The highest BCUT2D eigenvalue weighted by Crippen LogP contribution is 2.18. The largest absolute Gasteiger partial charge is 0.481 e. The van der Waals surface area contributed by atoms with Gasteiger partial charge in [-0.3, -0.25) is 4.79 Å². The van der Waals surface area contributed by atoms with Gasteiger partial charge in [-0.2, -0.15) is 0 Å². The summed E-state index contributed by atoms with van der Waals surface area (Å²) in [4.78, 5) is 11.0. The van der Waals surface area contributed by atoms with Gasteiger partial charge >= 0.3 is 5.97 Å². The second-order valence-electron chi connectivity index (χ2n) is 4.18. The standard InChI is InChI=1S/C9H14F2N4O2/c1-5(2)3-6(9(16)17)4-15-8(7(10)11)12-13-14-15/h5-7H,3-4H2,1-2H3,(H,16,17). The fourth-order valence-corrected chi connectivity index (χ4v) is 1.53. The molecule has 0 saturated heterocycles. The molecule has 6 nitrogen and oxygen atoms in total. The Labute approximate surface area is 96.6 Å². The second-order valence-corrected chi connectivity index (χ2v) is 4.18. The number of alkyl halides is 2. The average molecular weight is 248 g/mol. The molecule has 0 spiro atoms. The van der Waals surface area contributed by atoms with Gasteiger partial charge in [-0.1, -0.05) is 13.8 Å². The molecular formula is C9H14F2N4O2. The molecule has 1 heterocycles. The van der Waals surface area contributed by atoms with E-state index in [1.165, 1.54) is 0 Å². The molecule has 0 aliphatic carbocycles.